The van der Waals surface area contributed by atoms with E-state index in [9.17, 15) is 0 Å². The standard InChI is InChI=1S/C14H27N/c1-12(2)9-14(7-5-6-8-14)11-15-10-13(3)4/h12,15H,3,5-11H2,1-2,4H3. The molecule has 0 aliphatic heterocycles. The van der Waals surface area contributed by atoms with Crippen molar-refractivity contribution in [2.75, 3.05) is 13.1 Å². The van der Waals surface area contributed by atoms with Crippen LogP contribution in [0.1, 0.15) is 52.9 Å². The Morgan fingerprint density at radius 2 is 1.93 bits per heavy atom. The first kappa shape index (κ1) is 12.8. The molecular weight excluding hydrogens is 182 g/mol. The fourth-order valence-corrected chi connectivity index (χ4v) is 2.99. The molecule has 1 saturated carbocycles. The SMILES string of the molecule is C=C(C)CNCC1(CC(C)C)CCCC1. The zero-order valence-electron chi connectivity index (χ0n) is 10.7. The van der Waals surface area contributed by atoms with E-state index in [0.29, 0.717) is 5.41 Å². The van der Waals surface area contributed by atoms with Gasteiger partial charge in [0.2, 0.25) is 0 Å². The fourth-order valence-electron chi connectivity index (χ4n) is 2.99. The molecule has 15 heavy (non-hydrogen) atoms. The van der Waals surface area contributed by atoms with Crippen molar-refractivity contribution in [3.63, 3.8) is 0 Å². The van der Waals surface area contributed by atoms with Gasteiger partial charge in [-0.1, -0.05) is 38.8 Å². The van der Waals surface area contributed by atoms with Crippen molar-refractivity contribution in [3.8, 4) is 0 Å². The molecule has 88 valence electrons. The first-order valence-electron chi connectivity index (χ1n) is 6.39. The van der Waals surface area contributed by atoms with Crippen LogP contribution in [0, 0.1) is 11.3 Å². The summed E-state index contributed by atoms with van der Waals surface area (Å²) < 4.78 is 0. The zero-order valence-corrected chi connectivity index (χ0v) is 10.7. The minimum atomic E-state index is 0.601. The van der Waals surface area contributed by atoms with Crippen molar-refractivity contribution in [1.82, 2.24) is 5.32 Å². The van der Waals surface area contributed by atoms with Crippen molar-refractivity contribution in [2.24, 2.45) is 11.3 Å². The summed E-state index contributed by atoms with van der Waals surface area (Å²) in [5.74, 6) is 0.828. The highest BCUT2D eigenvalue weighted by atomic mass is 14.9. The molecule has 0 radical (unpaired) electrons. The highest BCUT2D eigenvalue weighted by Gasteiger charge is 2.33. The molecule has 1 fully saturated rings. The summed E-state index contributed by atoms with van der Waals surface area (Å²) in [7, 11) is 0. The summed E-state index contributed by atoms with van der Waals surface area (Å²) in [6.45, 7) is 12.9. The fraction of sp³-hybridized carbons (Fsp3) is 0.857. The maximum atomic E-state index is 3.94. The molecule has 0 saturated heterocycles. The zero-order chi connectivity index (χ0) is 11.3. The van der Waals surface area contributed by atoms with Crippen molar-refractivity contribution in [1.29, 1.82) is 0 Å². The van der Waals surface area contributed by atoms with Crippen LogP contribution in [0.5, 0.6) is 0 Å². The lowest BCUT2D eigenvalue weighted by molar-refractivity contribution is 0.226. The molecule has 1 nitrogen and oxygen atoms in total. The molecule has 0 bridgehead atoms. The van der Waals surface area contributed by atoms with E-state index in [1.807, 2.05) is 0 Å². The first-order valence-corrected chi connectivity index (χ1v) is 6.39. The van der Waals surface area contributed by atoms with Crippen LogP contribution in [0.15, 0.2) is 12.2 Å². The summed E-state index contributed by atoms with van der Waals surface area (Å²) in [5, 5.41) is 3.57. The van der Waals surface area contributed by atoms with Crippen LogP contribution in [0.25, 0.3) is 0 Å². The number of nitrogens with one attached hydrogen (secondary N) is 1. The van der Waals surface area contributed by atoms with E-state index in [1.54, 1.807) is 0 Å². The summed E-state index contributed by atoms with van der Waals surface area (Å²) in [4.78, 5) is 0. The Morgan fingerprint density at radius 3 is 2.40 bits per heavy atom. The van der Waals surface area contributed by atoms with Crippen LogP contribution >= 0.6 is 0 Å². The van der Waals surface area contributed by atoms with E-state index in [2.05, 4.69) is 32.7 Å². The molecule has 0 unspecified atom stereocenters. The Bertz CT molecular complexity index is 199. The number of hydrogen-bond acceptors (Lipinski definition) is 1. The lowest BCUT2D eigenvalue weighted by atomic mass is 9.78. The van der Waals surface area contributed by atoms with E-state index >= 15 is 0 Å². The minimum Gasteiger partial charge on any atom is -0.312 e. The predicted molar refractivity (Wildman–Crippen MR) is 68.0 cm³/mol. The second kappa shape index (κ2) is 5.69. The number of hydrogen-bond donors (Lipinski definition) is 1. The van der Waals surface area contributed by atoms with Gasteiger partial charge in [0.25, 0.3) is 0 Å². The molecule has 1 heteroatoms. The van der Waals surface area contributed by atoms with Crippen LogP contribution in [0.3, 0.4) is 0 Å². The van der Waals surface area contributed by atoms with Crippen LogP contribution in [-0.4, -0.2) is 13.1 Å². The Labute approximate surface area is 95.3 Å². The Kier molecular flexibility index (Phi) is 4.85. The smallest absolute Gasteiger partial charge is 0.0159 e. The maximum absolute atomic E-state index is 3.94. The van der Waals surface area contributed by atoms with Gasteiger partial charge in [-0.2, -0.15) is 0 Å². The van der Waals surface area contributed by atoms with Gasteiger partial charge < -0.3 is 5.32 Å². The van der Waals surface area contributed by atoms with Crippen molar-refractivity contribution < 1.29 is 0 Å². The first-order chi connectivity index (χ1) is 7.04. The maximum Gasteiger partial charge on any atom is 0.0159 e. The molecular formula is C14H27N. The van der Waals surface area contributed by atoms with Crippen LogP contribution in [0.2, 0.25) is 0 Å². The third kappa shape index (κ3) is 4.38. The molecule has 0 atom stereocenters. The van der Waals surface area contributed by atoms with E-state index in [0.717, 1.165) is 12.5 Å². The predicted octanol–water partition coefficient (Wildman–Crippen LogP) is 3.76. The molecule has 0 aromatic heterocycles. The third-order valence-corrected chi connectivity index (χ3v) is 3.43. The van der Waals surface area contributed by atoms with Gasteiger partial charge in [-0.25, -0.2) is 0 Å². The van der Waals surface area contributed by atoms with Gasteiger partial charge in [0.05, 0.1) is 0 Å². The van der Waals surface area contributed by atoms with Crippen molar-refractivity contribution >= 4 is 0 Å². The van der Waals surface area contributed by atoms with Gasteiger partial charge in [-0.15, -0.1) is 0 Å². The topological polar surface area (TPSA) is 12.0 Å². The van der Waals surface area contributed by atoms with Crippen molar-refractivity contribution in [2.45, 2.75) is 52.9 Å². The monoisotopic (exact) mass is 209 g/mol. The lowest BCUT2D eigenvalue weighted by Gasteiger charge is -2.31. The highest BCUT2D eigenvalue weighted by molar-refractivity contribution is 4.93. The molecule has 0 amide bonds. The Morgan fingerprint density at radius 1 is 1.33 bits per heavy atom. The average Bonchev–Trinajstić information content (AvgIpc) is 2.51. The normalized spacial score (nSPS) is 19.7. The summed E-state index contributed by atoms with van der Waals surface area (Å²) in [6.07, 6.45) is 7.10. The molecule has 0 spiro atoms. The molecule has 1 aliphatic rings. The summed E-state index contributed by atoms with van der Waals surface area (Å²) >= 11 is 0. The molecule has 0 heterocycles. The largest absolute Gasteiger partial charge is 0.312 e. The van der Waals surface area contributed by atoms with Crippen LogP contribution < -0.4 is 5.32 Å². The molecule has 0 aromatic rings. The quantitative estimate of drug-likeness (QED) is 0.657. The van der Waals surface area contributed by atoms with E-state index in [-0.39, 0.29) is 0 Å². The van der Waals surface area contributed by atoms with Gasteiger partial charge in [0, 0.05) is 13.1 Å². The Balaban J connectivity index is 2.39. The van der Waals surface area contributed by atoms with Crippen molar-refractivity contribution in [3.05, 3.63) is 12.2 Å². The third-order valence-electron chi connectivity index (χ3n) is 3.43. The van der Waals surface area contributed by atoms with Gasteiger partial charge in [-0.05, 0) is 37.5 Å². The van der Waals surface area contributed by atoms with Gasteiger partial charge in [0.1, 0.15) is 0 Å². The molecule has 1 rings (SSSR count). The van der Waals surface area contributed by atoms with E-state index in [1.165, 1.54) is 44.2 Å². The van der Waals surface area contributed by atoms with E-state index < -0.39 is 0 Å². The lowest BCUT2D eigenvalue weighted by Crippen LogP contribution is -2.34. The van der Waals surface area contributed by atoms with Crippen LogP contribution in [0.4, 0.5) is 0 Å². The molecule has 1 N–H and O–H groups in total. The second-order valence-corrected chi connectivity index (χ2v) is 5.87. The van der Waals surface area contributed by atoms with Gasteiger partial charge in [0.15, 0.2) is 0 Å². The van der Waals surface area contributed by atoms with Crippen LogP contribution in [-0.2, 0) is 0 Å². The van der Waals surface area contributed by atoms with E-state index in [4.69, 9.17) is 0 Å². The average molecular weight is 209 g/mol. The van der Waals surface area contributed by atoms with Gasteiger partial charge in [-0.3, -0.25) is 0 Å². The second-order valence-electron chi connectivity index (χ2n) is 5.87. The Hall–Kier alpha value is -0.300. The molecule has 1 aliphatic carbocycles. The summed E-state index contributed by atoms with van der Waals surface area (Å²) in [6, 6.07) is 0. The molecule has 0 aromatic carbocycles. The number of rotatable bonds is 6. The highest BCUT2D eigenvalue weighted by Crippen LogP contribution is 2.42. The summed E-state index contributed by atoms with van der Waals surface area (Å²) in [5.41, 5.74) is 1.84. The van der Waals surface area contributed by atoms with Gasteiger partial charge >= 0.3 is 0 Å². The minimum absolute atomic E-state index is 0.601.